The molecule has 1 aromatic rings. The Morgan fingerprint density at radius 1 is 1.04 bits per heavy atom. The quantitative estimate of drug-likeness (QED) is 0.610. The third-order valence-electron chi connectivity index (χ3n) is 7.07. The molecule has 5 aliphatic rings. The Balaban J connectivity index is 1.42. The molecule has 4 aliphatic carbocycles. The maximum absolute atomic E-state index is 13.1. The van der Waals surface area contributed by atoms with Crippen LogP contribution in [0.15, 0.2) is 36.4 Å². The number of likely N-dealkylation sites (tertiary alicyclic amines) is 1. The van der Waals surface area contributed by atoms with E-state index in [0.29, 0.717) is 11.8 Å². The molecule has 3 amide bonds. The summed E-state index contributed by atoms with van der Waals surface area (Å²) >= 11 is 0. The fourth-order valence-electron chi connectivity index (χ4n) is 5.57. The van der Waals surface area contributed by atoms with Gasteiger partial charge in [0.25, 0.3) is 0 Å². The number of nitrogens with zero attached hydrogens (tertiary/aromatic N) is 2. The smallest absolute Gasteiger partial charge is 0.235 e. The van der Waals surface area contributed by atoms with E-state index in [9.17, 15) is 14.4 Å². The number of carbonyl (C=O) groups excluding carboxylic acids is 3. The van der Waals surface area contributed by atoms with Crippen molar-refractivity contribution >= 4 is 23.4 Å². The summed E-state index contributed by atoms with van der Waals surface area (Å²) in [5, 5.41) is 0. The van der Waals surface area contributed by atoms with Gasteiger partial charge in [-0.3, -0.25) is 24.2 Å². The number of rotatable bonds is 4. The molecule has 5 heteroatoms. The van der Waals surface area contributed by atoms with Crippen LogP contribution < -0.4 is 4.90 Å². The summed E-state index contributed by atoms with van der Waals surface area (Å²) in [6.45, 7) is 3.57. The summed E-state index contributed by atoms with van der Waals surface area (Å²) in [5.41, 5.74) is 1.91. The maximum Gasteiger partial charge on any atom is 0.235 e. The van der Waals surface area contributed by atoms with Gasteiger partial charge in [0.05, 0.1) is 11.8 Å². The second-order valence-electron chi connectivity index (χ2n) is 8.37. The van der Waals surface area contributed by atoms with E-state index in [-0.39, 0.29) is 48.1 Å². The normalized spacial score (nSPS) is 35.3. The van der Waals surface area contributed by atoms with Gasteiger partial charge in [0.15, 0.2) is 0 Å². The van der Waals surface area contributed by atoms with Gasteiger partial charge in [-0.05, 0) is 54.2 Å². The van der Waals surface area contributed by atoms with Crippen LogP contribution in [0.4, 0.5) is 5.69 Å². The van der Waals surface area contributed by atoms with Gasteiger partial charge in [-0.25, -0.2) is 0 Å². The number of allylic oxidation sites excluding steroid dienone is 2. The predicted molar refractivity (Wildman–Crippen MR) is 100 cm³/mol. The standard InChI is InChI=1S/C22H24N2O3/c1-3-13-4-6-14(7-5-13)23(12(2)25)11-24-21(26)19-15-8-9-16(18-10-17(15)18)20(19)22(24)27/h4-9,15-20H,3,10-11H2,1-2H3/t15-,16-,17-,18-,19-,20+/m0/s1. The van der Waals surface area contributed by atoms with E-state index < -0.39 is 0 Å². The summed E-state index contributed by atoms with van der Waals surface area (Å²) in [6.07, 6.45) is 6.41. The summed E-state index contributed by atoms with van der Waals surface area (Å²) in [4.78, 5) is 41.4. The molecule has 1 heterocycles. The summed E-state index contributed by atoms with van der Waals surface area (Å²) in [7, 11) is 0. The van der Waals surface area contributed by atoms with Crippen LogP contribution in [-0.4, -0.2) is 29.3 Å². The molecule has 0 unspecified atom stereocenters. The van der Waals surface area contributed by atoms with E-state index in [2.05, 4.69) is 19.1 Å². The van der Waals surface area contributed by atoms with E-state index in [1.165, 1.54) is 22.3 Å². The minimum Gasteiger partial charge on any atom is -0.294 e. The number of amides is 3. The minimum absolute atomic E-state index is 0.0141. The Labute approximate surface area is 159 Å². The van der Waals surface area contributed by atoms with E-state index in [1.54, 1.807) is 0 Å². The lowest BCUT2D eigenvalue weighted by Crippen LogP contribution is -2.44. The van der Waals surface area contributed by atoms with Crippen molar-refractivity contribution in [2.24, 2.45) is 35.5 Å². The molecule has 0 radical (unpaired) electrons. The molecule has 140 valence electrons. The Morgan fingerprint density at radius 2 is 1.59 bits per heavy atom. The van der Waals surface area contributed by atoms with Crippen LogP contribution in [0.25, 0.3) is 0 Å². The first-order valence-corrected chi connectivity index (χ1v) is 9.92. The first-order valence-electron chi connectivity index (χ1n) is 9.92. The van der Waals surface area contributed by atoms with Crippen LogP contribution >= 0.6 is 0 Å². The van der Waals surface area contributed by atoms with Crippen LogP contribution in [0.3, 0.4) is 0 Å². The Hall–Kier alpha value is -2.43. The van der Waals surface area contributed by atoms with Gasteiger partial charge in [0, 0.05) is 12.6 Å². The van der Waals surface area contributed by atoms with Gasteiger partial charge in [-0.2, -0.15) is 0 Å². The number of imide groups is 1. The maximum atomic E-state index is 13.1. The molecule has 2 bridgehead atoms. The van der Waals surface area contributed by atoms with Gasteiger partial charge in [0.2, 0.25) is 17.7 Å². The van der Waals surface area contributed by atoms with Crippen molar-refractivity contribution in [1.82, 2.24) is 4.90 Å². The van der Waals surface area contributed by atoms with E-state index in [4.69, 9.17) is 0 Å². The van der Waals surface area contributed by atoms with Gasteiger partial charge < -0.3 is 0 Å². The zero-order valence-corrected chi connectivity index (χ0v) is 15.7. The molecular weight excluding hydrogens is 340 g/mol. The molecule has 6 rings (SSSR count). The molecule has 3 fully saturated rings. The zero-order valence-electron chi connectivity index (χ0n) is 15.7. The lowest BCUT2D eigenvalue weighted by atomic mass is 9.63. The largest absolute Gasteiger partial charge is 0.294 e. The SMILES string of the molecule is CCc1ccc(N(CN2C(=O)[C@@H]3[C@H]4C=C[C@@H]([C@@H]5C[C@@H]45)[C@@H]3C2=O)C(C)=O)cc1. The zero-order chi connectivity index (χ0) is 18.9. The van der Waals surface area contributed by atoms with E-state index in [1.807, 2.05) is 24.3 Å². The van der Waals surface area contributed by atoms with Gasteiger partial charge >= 0.3 is 0 Å². The molecule has 1 aromatic carbocycles. The minimum atomic E-state index is -0.215. The average molecular weight is 364 g/mol. The molecule has 0 spiro atoms. The van der Waals surface area contributed by atoms with Crippen molar-refractivity contribution in [2.45, 2.75) is 26.7 Å². The topological polar surface area (TPSA) is 57.7 Å². The Morgan fingerprint density at radius 3 is 2.07 bits per heavy atom. The van der Waals surface area contributed by atoms with E-state index in [0.717, 1.165) is 18.5 Å². The molecule has 1 saturated heterocycles. The highest BCUT2D eigenvalue weighted by molar-refractivity contribution is 6.07. The number of anilines is 1. The summed E-state index contributed by atoms with van der Waals surface area (Å²) < 4.78 is 0. The number of aryl methyl sites for hydroxylation is 1. The third-order valence-corrected chi connectivity index (χ3v) is 7.07. The third kappa shape index (κ3) is 2.33. The second-order valence-corrected chi connectivity index (χ2v) is 8.37. The highest BCUT2D eigenvalue weighted by Crippen LogP contribution is 2.65. The first-order chi connectivity index (χ1) is 13.0. The Kier molecular flexibility index (Phi) is 3.58. The lowest BCUT2D eigenvalue weighted by Gasteiger charge is -2.37. The molecule has 0 aromatic heterocycles. The van der Waals surface area contributed by atoms with E-state index >= 15 is 0 Å². The first kappa shape index (κ1) is 16.7. The summed E-state index contributed by atoms with van der Waals surface area (Å²) in [6, 6.07) is 7.74. The molecule has 6 atom stereocenters. The number of hydrogen-bond donors (Lipinski definition) is 0. The molecule has 5 nitrogen and oxygen atoms in total. The fraction of sp³-hybridized carbons (Fsp3) is 0.500. The van der Waals surface area contributed by atoms with Crippen LogP contribution in [0, 0.1) is 35.5 Å². The van der Waals surface area contributed by atoms with Crippen molar-refractivity contribution < 1.29 is 14.4 Å². The van der Waals surface area contributed by atoms with Gasteiger partial charge in [-0.1, -0.05) is 31.2 Å². The fourth-order valence-corrected chi connectivity index (χ4v) is 5.57. The lowest BCUT2D eigenvalue weighted by molar-refractivity contribution is -0.140. The van der Waals surface area contributed by atoms with Gasteiger partial charge in [0.1, 0.15) is 6.67 Å². The Bertz CT molecular complexity index is 823. The highest BCUT2D eigenvalue weighted by atomic mass is 16.2. The molecule has 2 saturated carbocycles. The monoisotopic (exact) mass is 364 g/mol. The van der Waals surface area contributed by atoms with Crippen LogP contribution in [0.5, 0.6) is 0 Å². The predicted octanol–water partition coefficient (Wildman–Crippen LogP) is 2.61. The van der Waals surface area contributed by atoms with Crippen molar-refractivity contribution in [3.05, 3.63) is 42.0 Å². The van der Waals surface area contributed by atoms with Gasteiger partial charge in [-0.15, -0.1) is 0 Å². The highest BCUT2D eigenvalue weighted by Gasteiger charge is 2.67. The summed E-state index contributed by atoms with van der Waals surface area (Å²) in [5.74, 6) is 0.810. The van der Waals surface area contributed by atoms with Crippen LogP contribution in [0.1, 0.15) is 25.8 Å². The second kappa shape index (κ2) is 5.78. The molecule has 27 heavy (non-hydrogen) atoms. The van der Waals surface area contributed by atoms with Crippen LogP contribution in [-0.2, 0) is 20.8 Å². The van der Waals surface area contributed by atoms with Crippen molar-refractivity contribution in [1.29, 1.82) is 0 Å². The van der Waals surface area contributed by atoms with Crippen molar-refractivity contribution in [3.8, 4) is 0 Å². The number of hydrogen-bond acceptors (Lipinski definition) is 3. The number of benzene rings is 1. The van der Waals surface area contributed by atoms with Crippen molar-refractivity contribution in [3.63, 3.8) is 0 Å². The van der Waals surface area contributed by atoms with Crippen molar-refractivity contribution in [2.75, 3.05) is 11.6 Å². The average Bonchev–Trinajstić information content (AvgIpc) is 3.46. The molecular formula is C22H24N2O3. The molecule has 1 aliphatic heterocycles. The molecule has 0 N–H and O–H groups in total. The van der Waals surface area contributed by atoms with Crippen LogP contribution in [0.2, 0.25) is 0 Å². The number of carbonyl (C=O) groups is 3.